The molecule has 3 heteroatoms. The van der Waals surface area contributed by atoms with Crippen LogP contribution in [0.3, 0.4) is 0 Å². The van der Waals surface area contributed by atoms with Crippen molar-refractivity contribution < 1.29 is 9.53 Å². The van der Waals surface area contributed by atoms with Crippen molar-refractivity contribution in [1.82, 2.24) is 4.90 Å². The minimum absolute atomic E-state index is 0.191. The highest BCUT2D eigenvalue weighted by molar-refractivity contribution is 5.71. The smallest absolute Gasteiger partial charge is 0.319 e. The molecule has 0 radical (unpaired) electrons. The fourth-order valence-electron chi connectivity index (χ4n) is 1.89. The molecule has 0 amide bonds. The van der Waals surface area contributed by atoms with Gasteiger partial charge >= 0.3 is 5.97 Å². The quantitative estimate of drug-likeness (QED) is 0.501. The van der Waals surface area contributed by atoms with Crippen LogP contribution in [0.25, 0.3) is 0 Å². The normalized spacial score (nSPS) is 15.8. The van der Waals surface area contributed by atoms with Crippen LogP contribution in [0.4, 0.5) is 0 Å². The second kappa shape index (κ2) is 7.07. The maximum atomic E-state index is 11.4. The van der Waals surface area contributed by atoms with E-state index in [0.717, 1.165) is 19.4 Å². The van der Waals surface area contributed by atoms with Crippen LogP contribution in [0.15, 0.2) is 36.5 Å². The van der Waals surface area contributed by atoms with E-state index in [1.165, 1.54) is 12.7 Å². The van der Waals surface area contributed by atoms with E-state index in [2.05, 4.69) is 36.6 Å². The van der Waals surface area contributed by atoms with Crippen LogP contribution in [0.2, 0.25) is 0 Å². The van der Waals surface area contributed by atoms with Gasteiger partial charge in [-0.1, -0.05) is 24.3 Å². The van der Waals surface area contributed by atoms with Crippen LogP contribution in [0.5, 0.6) is 0 Å². The monoisotopic (exact) mass is 235 g/mol. The SMILES string of the molecule is C=CCCN(CC(=O)OC)C(C)C1=CCC=C1. The van der Waals surface area contributed by atoms with E-state index >= 15 is 0 Å². The third-order valence-electron chi connectivity index (χ3n) is 3.01. The summed E-state index contributed by atoms with van der Waals surface area (Å²) in [5, 5.41) is 0. The van der Waals surface area contributed by atoms with E-state index in [0.29, 0.717) is 6.54 Å². The Morgan fingerprint density at radius 3 is 3.00 bits per heavy atom. The maximum absolute atomic E-state index is 11.4. The Kier molecular flexibility index (Phi) is 5.70. The van der Waals surface area contributed by atoms with Gasteiger partial charge in [-0.2, -0.15) is 0 Å². The first-order valence-electron chi connectivity index (χ1n) is 5.97. The predicted molar refractivity (Wildman–Crippen MR) is 69.7 cm³/mol. The molecule has 0 N–H and O–H groups in total. The molecule has 1 unspecified atom stereocenters. The molecule has 0 aromatic rings. The molecule has 0 spiro atoms. The van der Waals surface area contributed by atoms with Crippen molar-refractivity contribution in [1.29, 1.82) is 0 Å². The Bertz CT molecular complexity index is 331. The standard InChI is InChI=1S/C14H21NO2/c1-4-5-10-15(11-14(16)17-3)12(2)13-8-6-7-9-13/h4,6,8-9,12H,1,5,7,10-11H2,2-3H3. The molecule has 3 nitrogen and oxygen atoms in total. The first kappa shape index (κ1) is 13.7. The van der Waals surface area contributed by atoms with E-state index in [-0.39, 0.29) is 12.0 Å². The number of rotatable bonds is 7. The van der Waals surface area contributed by atoms with Crippen LogP contribution >= 0.6 is 0 Å². The maximum Gasteiger partial charge on any atom is 0.319 e. The van der Waals surface area contributed by atoms with E-state index in [1.54, 1.807) is 0 Å². The molecule has 1 rings (SSSR count). The Morgan fingerprint density at radius 1 is 1.71 bits per heavy atom. The molecule has 0 heterocycles. The molecule has 1 aliphatic carbocycles. The van der Waals surface area contributed by atoms with E-state index in [9.17, 15) is 4.79 Å². The third kappa shape index (κ3) is 4.19. The van der Waals surface area contributed by atoms with E-state index < -0.39 is 0 Å². The zero-order valence-corrected chi connectivity index (χ0v) is 10.7. The summed E-state index contributed by atoms with van der Waals surface area (Å²) in [5.74, 6) is -0.191. The van der Waals surface area contributed by atoms with Crippen LogP contribution in [0, 0.1) is 0 Å². The van der Waals surface area contributed by atoms with Gasteiger partial charge in [-0.15, -0.1) is 6.58 Å². The molecule has 0 aromatic heterocycles. The molecule has 0 saturated heterocycles. The number of carbonyl (C=O) groups excluding carboxylic acids is 1. The first-order valence-corrected chi connectivity index (χ1v) is 5.97. The van der Waals surface area contributed by atoms with Gasteiger partial charge in [-0.3, -0.25) is 9.69 Å². The van der Waals surface area contributed by atoms with Crippen LogP contribution in [-0.4, -0.2) is 37.1 Å². The predicted octanol–water partition coefficient (Wildman–Crippen LogP) is 2.31. The molecule has 0 fully saturated rings. The average molecular weight is 235 g/mol. The van der Waals surface area contributed by atoms with Crippen LogP contribution < -0.4 is 0 Å². The van der Waals surface area contributed by atoms with E-state index in [1.807, 2.05) is 6.08 Å². The molecule has 17 heavy (non-hydrogen) atoms. The van der Waals surface area contributed by atoms with Gasteiger partial charge in [0.1, 0.15) is 0 Å². The third-order valence-corrected chi connectivity index (χ3v) is 3.01. The van der Waals surface area contributed by atoms with Gasteiger partial charge in [0.2, 0.25) is 0 Å². The molecule has 94 valence electrons. The fraction of sp³-hybridized carbons (Fsp3) is 0.500. The van der Waals surface area contributed by atoms with Crippen molar-refractivity contribution >= 4 is 5.97 Å². The summed E-state index contributed by atoms with van der Waals surface area (Å²) in [5.41, 5.74) is 1.28. The Morgan fingerprint density at radius 2 is 2.47 bits per heavy atom. The Hall–Kier alpha value is -1.35. The van der Waals surface area contributed by atoms with Crippen molar-refractivity contribution in [2.45, 2.75) is 25.8 Å². The lowest BCUT2D eigenvalue weighted by Crippen LogP contribution is -2.39. The Balaban J connectivity index is 2.63. The summed E-state index contributed by atoms with van der Waals surface area (Å²) in [6.07, 6.45) is 10.2. The number of hydrogen-bond donors (Lipinski definition) is 0. The van der Waals surface area contributed by atoms with Crippen LogP contribution in [-0.2, 0) is 9.53 Å². The molecule has 0 aromatic carbocycles. The number of methoxy groups -OCH3 is 1. The van der Waals surface area contributed by atoms with Gasteiger partial charge in [0.25, 0.3) is 0 Å². The van der Waals surface area contributed by atoms with Gasteiger partial charge in [-0.25, -0.2) is 0 Å². The van der Waals surface area contributed by atoms with Crippen molar-refractivity contribution in [3.05, 3.63) is 36.5 Å². The minimum Gasteiger partial charge on any atom is -0.468 e. The summed E-state index contributed by atoms with van der Waals surface area (Å²) in [6.45, 7) is 6.99. The topological polar surface area (TPSA) is 29.5 Å². The van der Waals surface area contributed by atoms with Crippen molar-refractivity contribution in [2.75, 3.05) is 20.2 Å². The van der Waals surface area contributed by atoms with Crippen LogP contribution in [0.1, 0.15) is 19.8 Å². The summed E-state index contributed by atoms with van der Waals surface area (Å²) < 4.78 is 4.73. The minimum atomic E-state index is -0.191. The van der Waals surface area contributed by atoms with Gasteiger partial charge in [0.15, 0.2) is 0 Å². The number of nitrogens with zero attached hydrogens (tertiary/aromatic N) is 1. The first-order chi connectivity index (χ1) is 8.19. The number of esters is 1. The lowest BCUT2D eigenvalue weighted by molar-refractivity contribution is -0.142. The lowest BCUT2D eigenvalue weighted by atomic mass is 10.1. The van der Waals surface area contributed by atoms with Crippen molar-refractivity contribution in [3.8, 4) is 0 Å². The highest BCUT2D eigenvalue weighted by Crippen LogP contribution is 2.18. The summed E-state index contributed by atoms with van der Waals surface area (Å²) >= 11 is 0. The molecule has 1 aliphatic rings. The number of ether oxygens (including phenoxy) is 1. The second-order valence-corrected chi connectivity index (χ2v) is 4.14. The molecular formula is C14H21NO2. The lowest BCUT2D eigenvalue weighted by Gasteiger charge is -2.28. The fourth-order valence-corrected chi connectivity index (χ4v) is 1.89. The van der Waals surface area contributed by atoms with Crippen molar-refractivity contribution in [2.24, 2.45) is 0 Å². The second-order valence-electron chi connectivity index (χ2n) is 4.14. The summed E-state index contributed by atoms with van der Waals surface area (Å²) in [7, 11) is 1.42. The Labute approximate surface area is 103 Å². The number of hydrogen-bond acceptors (Lipinski definition) is 3. The summed E-state index contributed by atoms with van der Waals surface area (Å²) in [4.78, 5) is 13.5. The van der Waals surface area contributed by atoms with E-state index in [4.69, 9.17) is 4.74 Å². The molecule has 0 aliphatic heterocycles. The summed E-state index contributed by atoms with van der Waals surface area (Å²) in [6, 6.07) is 0.243. The largest absolute Gasteiger partial charge is 0.468 e. The molecule has 0 bridgehead atoms. The average Bonchev–Trinajstić information content (AvgIpc) is 2.86. The molecule has 0 saturated carbocycles. The molecular weight excluding hydrogens is 214 g/mol. The van der Waals surface area contributed by atoms with Gasteiger partial charge in [-0.05, 0) is 25.3 Å². The van der Waals surface area contributed by atoms with Gasteiger partial charge in [0, 0.05) is 12.6 Å². The zero-order valence-electron chi connectivity index (χ0n) is 10.7. The van der Waals surface area contributed by atoms with Crippen molar-refractivity contribution in [3.63, 3.8) is 0 Å². The van der Waals surface area contributed by atoms with Gasteiger partial charge < -0.3 is 4.74 Å². The highest BCUT2D eigenvalue weighted by Gasteiger charge is 2.19. The van der Waals surface area contributed by atoms with Gasteiger partial charge in [0.05, 0.1) is 13.7 Å². The molecule has 1 atom stereocenters. The highest BCUT2D eigenvalue weighted by atomic mass is 16.5. The number of carbonyl (C=O) groups is 1. The number of allylic oxidation sites excluding steroid dienone is 2. The zero-order chi connectivity index (χ0) is 12.7.